The van der Waals surface area contributed by atoms with Crippen molar-refractivity contribution in [3.8, 4) is 0 Å². The van der Waals surface area contributed by atoms with E-state index in [4.69, 9.17) is 10.5 Å². The zero-order valence-electron chi connectivity index (χ0n) is 10.4. The van der Waals surface area contributed by atoms with E-state index < -0.39 is 5.54 Å². The summed E-state index contributed by atoms with van der Waals surface area (Å²) >= 11 is 0. The highest BCUT2D eigenvalue weighted by Crippen LogP contribution is 2.43. The van der Waals surface area contributed by atoms with E-state index in [2.05, 4.69) is 19.2 Å². The zero-order valence-corrected chi connectivity index (χ0v) is 10.4. The Kier molecular flexibility index (Phi) is 2.75. The fourth-order valence-corrected chi connectivity index (χ4v) is 2.28. The van der Waals surface area contributed by atoms with Gasteiger partial charge in [0, 0.05) is 18.1 Å². The number of hydrogen-bond donors (Lipinski definition) is 2. The predicted molar refractivity (Wildman–Crippen MR) is 61.9 cm³/mol. The van der Waals surface area contributed by atoms with Gasteiger partial charge >= 0.3 is 0 Å². The van der Waals surface area contributed by atoms with Crippen LogP contribution in [0.15, 0.2) is 0 Å². The lowest BCUT2D eigenvalue weighted by molar-refractivity contribution is -0.138. The fourth-order valence-electron chi connectivity index (χ4n) is 2.28. The normalized spacial score (nSPS) is 34.0. The van der Waals surface area contributed by atoms with Crippen LogP contribution in [0.4, 0.5) is 0 Å². The van der Waals surface area contributed by atoms with Crippen LogP contribution in [-0.2, 0) is 9.53 Å². The summed E-state index contributed by atoms with van der Waals surface area (Å²) < 4.78 is 5.62. The third kappa shape index (κ3) is 1.84. The SMILES string of the molecule is CCOC1CC(NC(=O)C2(N)CC2)C1(C)C. The maximum absolute atomic E-state index is 11.8. The lowest BCUT2D eigenvalue weighted by Gasteiger charge is -2.51. The van der Waals surface area contributed by atoms with E-state index in [1.807, 2.05) is 6.92 Å². The number of rotatable bonds is 4. The van der Waals surface area contributed by atoms with E-state index in [0.717, 1.165) is 25.9 Å². The second-order valence-electron chi connectivity index (χ2n) is 5.68. The van der Waals surface area contributed by atoms with Crippen LogP contribution in [0.25, 0.3) is 0 Å². The molecule has 4 heteroatoms. The molecule has 2 fully saturated rings. The van der Waals surface area contributed by atoms with E-state index in [1.54, 1.807) is 0 Å². The van der Waals surface area contributed by atoms with Crippen LogP contribution in [0.3, 0.4) is 0 Å². The molecule has 2 rings (SSSR count). The second-order valence-corrected chi connectivity index (χ2v) is 5.68. The van der Waals surface area contributed by atoms with Gasteiger partial charge in [0.15, 0.2) is 0 Å². The van der Waals surface area contributed by atoms with Crippen molar-refractivity contribution in [1.82, 2.24) is 5.32 Å². The fraction of sp³-hybridized carbons (Fsp3) is 0.917. The molecule has 0 aromatic rings. The molecule has 2 atom stereocenters. The lowest BCUT2D eigenvalue weighted by atomic mass is 9.64. The Morgan fingerprint density at radius 1 is 1.50 bits per heavy atom. The molecule has 0 spiro atoms. The van der Waals surface area contributed by atoms with Crippen LogP contribution in [0.2, 0.25) is 0 Å². The van der Waals surface area contributed by atoms with Gasteiger partial charge in [0.2, 0.25) is 5.91 Å². The largest absolute Gasteiger partial charge is 0.378 e. The Balaban J connectivity index is 1.86. The summed E-state index contributed by atoms with van der Waals surface area (Å²) in [6.45, 7) is 7.01. The van der Waals surface area contributed by atoms with Crippen LogP contribution < -0.4 is 11.1 Å². The summed E-state index contributed by atoms with van der Waals surface area (Å²) in [6, 6.07) is 0.206. The predicted octanol–water partition coefficient (Wildman–Crippen LogP) is 0.797. The van der Waals surface area contributed by atoms with Crippen molar-refractivity contribution in [2.75, 3.05) is 6.61 Å². The van der Waals surface area contributed by atoms with Gasteiger partial charge in [0.1, 0.15) is 0 Å². The van der Waals surface area contributed by atoms with Gasteiger partial charge in [0.25, 0.3) is 0 Å². The van der Waals surface area contributed by atoms with E-state index in [0.29, 0.717) is 0 Å². The first-order valence-electron chi connectivity index (χ1n) is 6.11. The summed E-state index contributed by atoms with van der Waals surface area (Å²) in [5.41, 5.74) is 5.32. The number of carbonyl (C=O) groups is 1. The number of carbonyl (C=O) groups excluding carboxylic acids is 1. The van der Waals surface area contributed by atoms with Crippen molar-refractivity contribution in [3.63, 3.8) is 0 Å². The van der Waals surface area contributed by atoms with Crippen LogP contribution in [0.5, 0.6) is 0 Å². The minimum Gasteiger partial charge on any atom is -0.378 e. The molecule has 0 aliphatic heterocycles. The molecular weight excluding hydrogens is 204 g/mol. The summed E-state index contributed by atoms with van der Waals surface area (Å²) in [4.78, 5) is 11.8. The first-order valence-corrected chi connectivity index (χ1v) is 6.11. The third-order valence-electron chi connectivity index (χ3n) is 4.09. The molecule has 0 aromatic carbocycles. The number of amides is 1. The van der Waals surface area contributed by atoms with Crippen LogP contribution in [0, 0.1) is 5.41 Å². The molecule has 0 aromatic heterocycles. The molecule has 0 bridgehead atoms. The number of nitrogens with two attached hydrogens (primary N) is 1. The number of hydrogen-bond acceptors (Lipinski definition) is 3. The molecule has 0 radical (unpaired) electrons. The molecule has 4 nitrogen and oxygen atoms in total. The average Bonchev–Trinajstić information content (AvgIpc) is 2.96. The zero-order chi connectivity index (χ0) is 12.0. The Hall–Kier alpha value is -0.610. The van der Waals surface area contributed by atoms with Gasteiger partial charge in [-0.2, -0.15) is 0 Å². The van der Waals surface area contributed by atoms with E-state index in [-0.39, 0.29) is 23.5 Å². The number of nitrogens with one attached hydrogen (secondary N) is 1. The van der Waals surface area contributed by atoms with Crippen LogP contribution in [0.1, 0.15) is 40.0 Å². The smallest absolute Gasteiger partial charge is 0.240 e. The van der Waals surface area contributed by atoms with E-state index in [1.165, 1.54) is 0 Å². The molecule has 0 heterocycles. The Labute approximate surface area is 96.9 Å². The summed E-state index contributed by atoms with van der Waals surface area (Å²) in [7, 11) is 0. The molecular formula is C12H22N2O2. The van der Waals surface area contributed by atoms with Gasteiger partial charge in [-0.15, -0.1) is 0 Å². The lowest BCUT2D eigenvalue weighted by Crippen LogP contribution is -2.64. The molecule has 2 aliphatic carbocycles. The average molecular weight is 226 g/mol. The summed E-state index contributed by atoms with van der Waals surface area (Å²) in [5, 5.41) is 3.05. The van der Waals surface area contributed by atoms with Gasteiger partial charge in [-0.3, -0.25) is 4.79 Å². The molecule has 2 saturated carbocycles. The molecule has 92 valence electrons. The van der Waals surface area contributed by atoms with Crippen molar-refractivity contribution in [1.29, 1.82) is 0 Å². The first kappa shape index (κ1) is 11.9. The maximum Gasteiger partial charge on any atom is 0.240 e. The quantitative estimate of drug-likeness (QED) is 0.745. The first-order chi connectivity index (χ1) is 7.40. The molecule has 1 amide bonds. The Morgan fingerprint density at radius 2 is 2.12 bits per heavy atom. The minimum atomic E-state index is -0.563. The second kappa shape index (κ2) is 3.70. The van der Waals surface area contributed by atoms with Crippen LogP contribution >= 0.6 is 0 Å². The van der Waals surface area contributed by atoms with Gasteiger partial charge in [0.05, 0.1) is 11.6 Å². The summed E-state index contributed by atoms with van der Waals surface area (Å²) in [5.74, 6) is 0.0144. The summed E-state index contributed by atoms with van der Waals surface area (Å²) in [6.07, 6.45) is 2.81. The highest BCUT2D eigenvalue weighted by Gasteiger charge is 2.53. The minimum absolute atomic E-state index is 0.0144. The van der Waals surface area contributed by atoms with E-state index in [9.17, 15) is 4.79 Å². The van der Waals surface area contributed by atoms with Crippen LogP contribution in [-0.4, -0.2) is 30.2 Å². The van der Waals surface area contributed by atoms with Crippen molar-refractivity contribution in [2.45, 2.75) is 57.7 Å². The van der Waals surface area contributed by atoms with Gasteiger partial charge in [-0.1, -0.05) is 13.8 Å². The van der Waals surface area contributed by atoms with Gasteiger partial charge < -0.3 is 15.8 Å². The van der Waals surface area contributed by atoms with E-state index >= 15 is 0 Å². The standard InChI is InChI=1S/C12H22N2O2/c1-4-16-9-7-8(11(9,2)3)14-10(15)12(13)5-6-12/h8-9H,4-7,13H2,1-3H3,(H,14,15). The molecule has 0 saturated heterocycles. The Bertz CT molecular complexity index is 297. The van der Waals surface area contributed by atoms with Crippen molar-refractivity contribution in [3.05, 3.63) is 0 Å². The van der Waals surface area contributed by atoms with Gasteiger partial charge in [-0.25, -0.2) is 0 Å². The Morgan fingerprint density at radius 3 is 2.56 bits per heavy atom. The molecule has 3 N–H and O–H groups in total. The third-order valence-corrected chi connectivity index (χ3v) is 4.09. The molecule has 2 unspecified atom stereocenters. The van der Waals surface area contributed by atoms with Crippen molar-refractivity contribution >= 4 is 5.91 Å². The number of ether oxygens (including phenoxy) is 1. The van der Waals surface area contributed by atoms with Crippen molar-refractivity contribution < 1.29 is 9.53 Å². The maximum atomic E-state index is 11.8. The highest BCUT2D eigenvalue weighted by atomic mass is 16.5. The van der Waals surface area contributed by atoms with Gasteiger partial charge in [-0.05, 0) is 26.2 Å². The van der Waals surface area contributed by atoms with Crippen molar-refractivity contribution in [2.24, 2.45) is 11.1 Å². The highest BCUT2D eigenvalue weighted by molar-refractivity contribution is 5.89. The molecule has 2 aliphatic rings. The monoisotopic (exact) mass is 226 g/mol. The topological polar surface area (TPSA) is 64.3 Å². The molecule has 16 heavy (non-hydrogen) atoms.